The summed E-state index contributed by atoms with van der Waals surface area (Å²) in [4.78, 5) is 12.9. The molecule has 18 heavy (non-hydrogen) atoms. The third-order valence-electron chi connectivity index (χ3n) is 3.43. The molecule has 1 fully saturated rings. The number of nitrogens with two attached hydrogens (primary N) is 1. The molecule has 7 heteroatoms. The van der Waals surface area contributed by atoms with E-state index >= 15 is 0 Å². The molecular weight excluding hydrogens is 296 g/mol. The molecule has 2 rings (SSSR count). The van der Waals surface area contributed by atoms with Crippen LogP contribution in [0.1, 0.15) is 12.8 Å². The van der Waals surface area contributed by atoms with Gasteiger partial charge in [0.15, 0.2) is 5.82 Å². The van der Waals surface area contributed by atoms with E-state index in [1.807, 2.05) is 7.05 Å². The molecule has 2 heterocycles. The van der Waals surface area contributed by atoms with Gasteiger partial charge in [-0.2, -0.15) is 0 Å². The molecule has 6 nitrogen and oxygen atoms in total. The lowest BCUT2D eigenvalue weighted by atomic mass is 10.2. The first-order valence-corrected chi connectivity index (χ1v) is 6.81. The van der Waals surface area contributed by atoms with Crippen LogP contribution in [0, 0.1) is 0 Å². The van der Waals surface area contributed by atoms with Crippen LogP contribution in [0.3, 0.4) is 0 Å². The number of hydrazine groups is 1. The van der Waals surface area contributed by atoms with Crippen molar-refractivity contribution >= 4 is 27.6 Å². The Morgan fingerprint density at radius 1 is 1.61 bits per heavy atom. The first-order chi connectivity index (χ1) is 8.63. The highest BCUT2D eigenvalue weighted by atomic mass is 79.9. The normalized spacial score (nSPS) is 20.1. The molecule has 0 amide bonds. The molecule has 1 aromatic rings. The van der Waals surface area contributed by atoms with Gasteiger partial charge in [-0.05, 0) is 42.4 Å². The van der Waals surface area contributed by atoms with Crippen molar-refractivity contribution in [3.8, 4) is 0 Å². The maximum atomic E-state index is 5.41. The molecule has 3 N–H and O–H groups in total. The second-order valence-electron chi connectivity index (χ2n) is 4.66. The fourth-order valence-corrected chi connectivity index (χ4v) is 2.96. The lowest BCUT2D eigenvalue weighted by Crippen LogP contribution is -2.37. The van der Waals surface area contributed by atoms with Crippen LogP contribution in [-0.2, 0) is 0 Å². The second-order valence-corrected chi connectivity index (χ2v) is 5.45. The van der Waals surface area contributed by atoms with E-state index in [0.717, 1.165) is 16.8 Å². The number of hydrogen-bond donors (Lipinski definition) is 2. The van der Waals surface area contributed by atoms with E-state index in [2.05, 4.69) is 48.2 Å². The average molecular weight is 315 g/mol. The number of halogens is 1. The smallest absolute Gasteiger partial charge is 0.159 e. The molecule has 1 unspecified atom stereocenters. The van der Waals surface area contributed by atoms with Crippen LogP contribution < -0.4 is 16.2 Å². The molecule has 1 atom stereocenters. The minimum absolute atomic E-state index is 0.589. The molecule has 0 saturated carbocycles. The number of likely N-dealkylation sites (tertiary alicyclic amines) is 1. The molecule has 0 aromatic carbocycles. The van der Waals surface area contributed by atoms with Crippen LogP contribution in [0.2, 0.25) is 0 Å². The molecule has 1 aromatic heterocycles. The first kappa shape index (κ1) is 13.5. The zero-order valence-corrected chi connectivity index (χ0v) is 12.3. The van der Waals surface area contributed by atoms with Crippen LogP contribution in [0.4, 0.5) is 11.6 Å². The van der Waals surface area contributed by atoms with Crippen molar-refractivity contribution in [2.45, 2.75) is 18.9 Å². The van der Waals surface area contributed by atoms with Crippen LogP contribution in [0.5, 0.6) is 0 Å². The third kappa shape index (κ3) is 2.73. The van der Waals surface area contributed by atoms with Gasteiger partial charge in [0.05, 0.1) is 0 Å². The van der Waals surface area contributed by atoms with E-state index < -0.39 is 0 Å². The van der Waals surface area contributed by atoms with Gasteiger partial charge in [0, 0.05) is 19.6 Å². The summed E-state index contributed by atoms with van der Waals surface area (Å²) in [6, 6.07) is 0.589. The van der Waals surface area contributed by atoms with E-state index in [-0.39, 0.29) is 0 Å². The lowest BCUT2D eigenvalue weighted by molar-refractivity contribution is 0.314. The predicted molar refractivity (Wildman–Crippen MR) is 76.5 cm³/mol. The van der Waals surface area contributed by atoms with Gasteiger partial charge in [0.1, 0.15) is 16.6 Å². The van der Waals surface area contributed by atoms with Crippen molar-refractivity contribution in [3.63, 3.8) is 0 Å². The summed E-state index contributed by atoms with van der Waals surface area (Å²) in [6.45, 7) is 2.13. The Balaban J connectivity index is 2.11. The number of rotatable bonds is 4. The summed E-state index contributed by atoms with van der Waals surface area (Å²) >= 11 is 3.48. The van der Waals surface area contributed by atoms with E-state index in [1.54, 1.807) is 0 Å². The van der Waals surface area contributed by atoms with Crippen LogP contribution >= 0.6 is 15.9 Å². The van der Waals surface area contributed by atoms with Gasteiger partial charge in [-0.15, -0.1) is 0 Å². The minimum atomic E-state index is 0.589. The fraction of sp³-hybridized carbons (Fsp3) is 0.636. The highest BCUT2D eigenvalue weighted by molar-refractivity contribution is 9.10. The molecule has 100 valence electrons. The standard InChI is InChI=1S/C11H19BrN6/c1-17-5-3-4-8(17)6-18(2)11-9(12)10(16-13)14-7-15-11/h7-8H,3-6,13H2,1-2H3,(H,14,15,16). The fourth-order valence-electron chi connectivity index (χ4n) is 2.34. The summed E-state index contributed by atoms with van der Waals surface area (Å²) in [5, 5.41) is 0. The van der Waals surface area contributed by atoms with Gasteiger partial charge in [-0.3, -0.25) is 0 Å². The topological polar surface area (TPSA) is 70.3 Å². The van der Waals surface area contributed by atoms with Gasteiger partial charge < -0.3 is 15.2 Å². The van der Waals surface area contributed by atoms with Gasteiger partial charge in [0.25, 0.3) is 0 Å². The number of likely N-dealkylation sites (N-methyl/N-ethyl adjacent to an activating group) is 2. The summed E-state index contributed by atoms with van der Waals surface area (Å²) in [5.41, 5.74) is 2.56. The Morgan fingerprint density at radius 3 is 3.00 bits per heavy atom. The Labute approximate surface area is 116 Å². The van der Waals surface area contributed by atoms with Crippen molar-refractivity contribution in [1.82, 2.24) is 14.9 Å². The monoisotopic (exact) mass is 314 g/mol. The SMILES string of the molecule is CN(CC1CCCN1C)c1ncnc(NN)c1Br. The minimum Gasteiger partial charge on any atom is -0.357 e. The molecule has 1 aliphatic heterocycles. The van der Waals surface area contributed by atoms with Crippen LogP contribution in [-0.4, -0.2) is 48.1 Å². The highest BCUT2D eigenvalue weighted by Gasteiger charge is 2.23. The van der Waals surface area contributed by atoms with Gasteiger partial charge in [0.2, 0.25) is 0 Å². The predicted octanol–water partition coefficient (Wildman–Crippen LogP) is 1.06. The van der Waals surface area contributed by atoms with Gasteiger partial charge >= 0.3 is 0 Å². The molecule has 0 spiro atoms. The molecule has 0 aliphatic carbocycles. The summed E-state index contributed by atoms with van der Waals surface area (Å²) in [7, 11) is 4.22. The van der Waals surface area contributed by atoms with Gasteiger partial charge in [-0.25, -0.2) is 15.8 Å². The van der Waals surface area contributed by atoms with E-state index in [0.29, 0.717) is 11.9 Å². The van der Waals surface area contributed by atoms with Crippen molar-refractivity contribution in [3.05, 3.63) is 10.8 Å². The molecule has 0 bridgehead atoms. The number of anilines is 2. The molecule has 1 aliphatic rings. The Morgan fingerprint density at radius 2 is 2.39 bits per heavy atom. The summed E-state index contributed by atoms with van der Waals surface area (Å²) < 4.78 is 0.802. The lowest BCUT2D eigenvalue weighted by Gasteiger charge is -2.27. The van der Waals surface area contributed by atoms with Crippen LogP contribution in [0.25, 0.3) is 0 Å². The zero-order valence-electron chi connectivity index (χ0n) is 10.7. The van der Waals surface area contributed by atoms with E-state index in [1.165, 1.54) is 25.7 Å². The largest absolute Gasteiger partial charge is 0.357 e. The first-order valence-electron chi connectivity index (χ1n) is 6.02. The Hall–Kier alpha value is -0.920. The average Bonchev–Trinajstić information content (AvgIpc) is 2.75. The molecule has 1 saturated heterocycles. The van der Waals surface area contributed by atoms with Crippen molar-refractivity contribution in [1.29, 1.82) is 0 Å². The number of nitrogens with one attached hydrogen (secondary N) is 1. The summed E-state index contributed by atoms with van der Waals surface area (Å²) in [6.07, 6.45) is 4.03. The maximum Gasteiger partial charge on any atom is 0.159 e. The number of nitrogen functional groups attached to an aromatic ring is 1. The summed E-state index contributed by atoms with van der Waals surface area (Å²) in [5.74, 6) is 6.87. The van der Waals surface area contributed by atoms with Crippen molar-refractivity contribution < 1.29 is 0 Å². The van der Waals surface area contributed by atoms with Crippen LogP contribution in [0.15, 0.2) is 10.8 Å². The van der Waals surface area contributed by atoms with Gasteiger partial charge in [-0.1, -0.05) is 0 Å². The highest BCUT2D eigenvalue weighted by Crippen LogP contribution is 2.29. The van der Waals surface area contributed by atoms with Crippen molar-refractivity contribution in [2.75, 3.05) is 37.5 Å². The van der Waals surface area contributed by atoms with Crippen molar-refractivity contribution in [2.24, 2.45) is 5.84 Å². The Bertz CT molecular complexity index is 413. The number of nitrogens with zero attached hydrogens (tertiary/aromatic N) is 4. The second kappa shape index (κ2) is 5.81. The molecule has 0 radical (unpaired) electrons. The number of aromatic nitrogens is 2. The third-order valence-corrected chi connectivity index (χ3v) is 4.16. The maximum absolute atomic E-state index is 5.41. The Kier molecular flexibility index (Phi) is 4.36. The quantitative estimate of drug-likeness (QED) is 0.639. The molecular formula is C11H19BrN6. The number of hydrogen-bond acceptors (Lipinski definition) is 6. The van der Waals surface area contributed by atoms with E-state index in [9.17, 15) is 0 Å². The van der Waals surface area contributed by atoms with E-state index in [4.69, 9.17) is 5.84 Å². The zero-order chi connectivity index (χ0) is 13.1.